The summed E-state index contributed by atoms with van der Waals surface area (Å²) in [5, 5.41) is 3.20. The zero-order valence-electron chi connectivity index (χ0n) is 11.9. The lowest BCUT2D eigenvalue weighted by atomic mass is 10.0. The van der Waals surface area contributed by atoms with Crippen LogP contribution in [0.15, 0.2) is 6.20 Å². The molecule has 1 N–H and O–H groups in total. The molecule has 1 aromatic rings. The van der Waals surface area contributed by atoms with Crippen molar-refractivity contribution in [3.63, 3.8) is 0 Å². The molecule has 0 bridgehead atoms. The Bertz CT molecular complexity index is 389. The van der Waals surface area contributed by atoms with Gasteiger partial charge in [-0.1, -0.05) is 20.3 Å². The van der Waals surface area contributed by atoms with E-state index in [9.17, 15) is 0 Å². The Labute approximate surface area is 110 Å². The minimum atomic E-state index is 0.597. The normalized spacial score (nSPS) is 23.5. The summed E-state index contributed by atoms with van der Waals surface area (Å²) in [6.07, 6.45) is 8.10. The molecule has 0 amide bonds. The van der Waals surface area contributed by atoms with Crippen LogP contribution in [0.4, 0.5) is 0 Å². The first-order valence-corrected chi connectivity index (χ1v) is 7.23. The highest BCUT2D eigenvalue weighted by molar-refractivity contribution is 5.19. The number of hydrogen-bond acceptors (Lipinski definition) is 3. The smallest absolute Gasteiger partial charge is 0.131 e. The van der Waals surface area contributed by atoms with E-state index in [0.29, 0.717) is 5.92 Å². The minimum Gasteiger partial charge on any atom is -0.316 e. The molecule has 1 fully saturated rings. The van der Waals surface area contributed by atoms with Gasteiger partial charge in [-0.05, 0) is 38.6 Å². The first-order chi connectivity index (χ1) is 8.74. The van der Waals surface area contributed by atoms with Gasteiger partial charge in [-0.25, -0.2) is 9.97 Å². The van der Waals surface area contributed by atoms with Crippen molar-refractivity contribution < 1.29 is 0 Å². The van der Waals surface area contributed by atoms with Crippen molar-refractivity contribution >= 4 is 0 Å². The molecule has 1 aliphatic carbocycles. The van der Waals surface area contributed by atoms with Gasteiger partial charge in [0.2, 0.25) is 0 Å². The average Bonchev–Trinajstić information content (AvgIpc) is 2.79. The molecule has 0 aromatic carbocycles. The molecule has 18 heavy (non-hydrogen) atoms. The molecule has 0 saturated heterocycles. The van der Waals surface area contributed by atoms with Crippen LogP contribution in [-0.4, -0.2) is 17.0 Å². The second-order valence-corrected chi connectivity index (χ2v) is 5.60. The Balaban J connectivity index is 2.19. The summed E-state index contributed by atoms with van der Waals surface area (Å²) in [6, 6.07) is 0. The topological polar surface area (TPSA) is 37.8 Å². The van der Waals surface area contributed by atoms with Crippen LogP contribution in [0.5, 0.6) is 0 Å². The van der Waals surface area contributed by atoms with Gasteiger partial charge in [0, 0.05) is 29.9 Å². The number of rotatable bonds is 5. The van der Waals surface area contributed by atoms with Crippen LogP contribution in [0.2, 0.25) is 0 Å². The summed E-state index contributed by atoms with van der Waals surface area (Å²) in [7, 11) is 1.97. The molecular formula is C15H25N3. The van der Waals surface area contributed by atoms with Crippen LogP contribution >= 0.6 is 0 Å². The molecule has 0 spiro atoms. The summed E-state index contributed by atoms with van der Waals surface area (Å²) in [5.41, 5.74) is 2.51. The zero-order valence-corrected chi connectivity index (χ0v) is 11.9. The van der Waals surface area contributed by atoms with Crippen LogP contribution in [-0.2, 0) is 13.0 Å². The average molecular weight is 247 g/mol. The van der Waals surface area contributed by atoms with Crippen molar-refractivity contribution in [2.75, 3.05) is 7.05 Å². The van der Waals surface area contributed by atoms with Crippen LogP contribution in [0.3, 0.4) is 0 Å². The molecule has 2 atom stereocenters. The Morgan fingerprint density at radius 3 is 2.83 bits per heavy atom. The van der Waals surface area contributed by atoms with Gasteiger partial charge in [0.05, 0.1) is 0 Å². The fourth-order valence-electron chi connectivity index (χ4n) is 2.89. The predicted octanol–water partition coefficient (Wildman–Crippen LogP) is 3.05. The van der Waals surface area contributed by atoms with E-state index in [1.165, 1.54) is 30.5 Å². The van der Waals surface area contributed by atoms with Gasteiger partial charge in [0.1, 0.15) is 5.82 Å². The first-order valence-electron chi connectivity index (χ1n) is 7.23. The second-order valence-electron chi connectivity index (χ2n) is 5.60. The molecule has 0 aliphatic heterocycles. The molecule has 1 aromatic heterocycles. The SMILES string of the molecule is CCCc1nc(C2CCC(C)C2)ncc1CNC. The molecule has 1 heterocycles. The summed E-state index contributed by atoms with van der Waals surface area (Å²) >= 11 is 0. The summed E-state index contributed by atoms with van der Waals surface area (Å²) in [5.74, 6) is 2.52. The maximum atomic E-state index is 4.85. The molecule has 2 rings (SSSR count). The lowest BCUT2D eigenvalue weighted by Crippen LogP contribution is -2.12. The maximum Gasteiger partial charge on any atom is 0.131 e. The highest BCUT2D eigenvalue weighted by Gasteiger charge is 2.25. The standard InChI is InChI=1S/C15H25N3/c1-4-5-14-13(9-16-3)10-17-15(18-14)12-7-6-11(2)8-12/h10-12,16H,4-9H2,1-3H3. The third-order valence-electron chi connectivity index (χ3n) is 3.89. The fourth-order valence-corrected chi connectivity index (χ4v) is 2.89. The van der Waals surface area contributed by atoms with Crippen molar-refractivity contribution in [1.82, 2.24) is 15.3 Å². The van der Waals surface area contributed by atoms with E-state index in [2.05, 4.69) is 24.1 Å². The largest absolute Gasteiger partial charge is 0.316 e. The van der Waals surface area contributed by atoms with Crippen LogP contribution < -0.4 is 5.32 Å². The Kier molecular flexibility index (Phi) is 4.70. The third-order valence-corrected chi connectivity index (χ3v) is 3.89. The monoisotopic (exact) mass is 247 g/mol. The molecule has 3 heteroatoms. The molecule has 1 aliphatic rings. The lowest BCUT2D eigenvalue weighted by molar-refractivity contribution is 0.582. The van der Waals surface area contributed by atoms with Gasteiger partial charge in [-0.2, -0.15) is 0 Å². The van der Waals surface area contributed by atoms with Crippen molar-refractivity contribution in [2.24, 2.45) is 5.92 Å². The van der Waals surface area contributed by atoms with Crippen molar-refractivity contribution in [3.8, 4) is 0 Å². The van der Waals surface area contributed by atoms with Gasteiger partial charge in [0.25, 0.3) is 0 Å². The van der Waals surface area contributed by atoms with Gasteiger partial charge in [-0.3, -0.25) is 0 Å². The second kappa shape index (κ2) is 6.28. The quantitative estimate of drug-likeness (QED) is 0.869. The number of hydrogen-bond donors (Lipinski definition) is 1. The van der Waals surface area contributed by atoms with E-state index < -0.39 is 0 Å². The summed E-state index contributed by atoms with van der Waals surface area (Å²) in [4.78, 5) is 9.45. The highest BCUT2D eigenvalue weighted by atomic mass is 14.9. The summed E-state index contributed by atoms with van der Waals surface area (Å²) in [6.45, 7) is 5.42. The predicted molar refractivity (Wildman–Crippen MR) is 74.5 cm³/mol. The van der Waals surface area contributed by atoms with Crippen molar-refractivity contribution in [2.45, 2.75) is 58.4 Å². The molecule has 100 valence electrons. The Hall–Kier alpha value is -0.960. The van der Waals surface area contributed by atoms with E-state index in [-0.39, 0.29) is 0 Å². The van der Waals surface area contributed by atoms with Gasteiger partial charge >= 0.3 is 0 Å². The van der Waals surface area contributed by atoms with Gasteiger partial charge in [-0.15, -0.1) is 0 Å². The van der Waals surface area contributed by atoms with E-state index in [1.54, 1.807) is 0 Å². The number of aromatic nitrogens is 2. The number of nitrogens with one attached hydrogen (secondary N) is 1. The number of nitrogens with zero attached hydrogens (tertiary/aromatic N) is 2. The third kappa shape index (κ3) is 3.08. The molecule has 2 unspecified atom stereocenters. The molecular weight excluding hydrogens is 222 g/mol. The Morgan fingerprint density at radius 1 is 1.39 bits per heavy atom. The van der Waals surface area contributed by atoms with Crippen LogP contribution in [0, 0.1) is 5.92 Å². The Morgan fingerprint density at radius 2 is 2.22 bits per heavy atom. The van der Waals surface area contributed by atoms with Crippen molar-refractivity contribution in [1.29, 1.82) is 0 Å². The molecule has 3 nitrogen and oxygen atoms in total. The summed E-state index contributed by atoms with van der Waals surface area (Å²) < 4.78 is 0. The molecule has 0 radical (unpaired) electrons. The zero-order chi connectivity index (χ0) is 13.0. The first kappa shape index (κ1) is 13.5. The van der Waals surface area contributed by atoms with Crippen LogP contribution in [0.25, 0.3) is 0 Å². The van der Waals surface area contributed by atoms with E-state index in [4.69, 9.17) is 4.98 Å². The van der Waals surface area contributed by atoms with Crippen LogP contribution in [0.1, 0.15) is 62.5 Å². The number of aryl methyl sites for hydroxylation is 1. The van der Waals surface area contributed by atoms with E-state index in [0.717, 1.165) is 31.1 Å². The maximum absolute atomic E-state index is 4.85. The van der Waals surface area contributed by atoms with E-state index >= 15 is 0 Å². The van der Waals surface area contributed by atoms with E-state index in [1.807, 2.05) is 13.2 Å². The fraction of sp³-hybridized carbons (Fsp3) is 0.733. The minimum absolute atomic E-state index is 0.597. The lowest BCUT2D eigenvalue weighted by Gasteiger charge is -2.13. The van der Waals surface area contributed by atoms with Gasteiger partial charge in [0.15, 0.2) is 0 Å². The molecule has 1 saturated carbocycles. The van der Waals surface area contributed by atoms with Gasteiger partial charge < -0.3 is 5.32 Å². The van der Waals surface area contributed by atoms with Crippen molar-refractivity contribution in [3.05, 3.63) is 23.3 Å². The highest BCUT2D eigenvalue weighted by Crippen LogP contribution is 2.36.